The van der Waals surface area contributed by atoms with Crippen LogP contribution in [0.4, 0.5) is 0 Å². The lowest BCUT2D eigenvalue weighted by molar-refractivity contribution is -0.154. The van der Waals surface area contributed by atoms with E-state index in [1.807, 2.05) is 18.7 Å². The third-order valence-corrected chi connectivity index (χ3v) is 5.18. The molecule has 1 aliphatic rings. The maximum atomic E-state index is 12.4. The zero-order valence-electron chi connectivity index (χ0n) is 17.4. The van der Waals surface area contributed by atoms with Crippen molar-refractivity contribution in [2.75, 3.05) is 27.9 Å². The summed E-state index contributed by atoms with van der Waals surface area (Å²) in [6.45, 7) is 3.88. The maximum absolute atomic E-state index is 12.4. The van der Waals surface area contributed by atoms with Crippen molar-refractivity contribution in [3.63, 3.8) is 0 Å². The number of hydrogen-bond acceptors (Lipinski definition) is 6. The van der Waals surface area contributed by atoms with Gasteiger partial charge in [-0.05, 0) is 57.2 Å². The molecule has 0 saturated carbocycles. The molecule has 0 aromatic heterocycles. The van der Waals surface area contributed by atoms with Crippen molar-refractivity contribution in [1.29, 1.82) is 0 Å². The SMILES string of the molecule is COc1cc(CCC(=O)OCC(=O)N2C(C)CCCC2C)cc(OC)c1OC. The van der Waals surface area contributed by atoms with Gasteiger partial charge in [0.1, 0.15) is 0 Å². The Morgan fingerprint density at radius 1 is 1.00 bits per heavy atom. The smallest absolute Gasteiger partial charge is 0.306 e. The molecule has 7 nitrogen and oxygen atoms in total. The Morgan fingerprint density at radius 3 is 2.07 bits per heavy atom. The molecular weight excluding hydrogens is 362 g/mol. The van der Waals surface area contributed by atoms with E-state index in [1.165, 1.54) is 0 Å². The Morgan fingerprint density at radius 2 is 1.57 bits per heavy atom. The normalized spacial score (nSPS) is 19.1. The number of likely N-dealkylation sites (tertiary alicyclic amines) is 1. The Labute approximate surface area is 166 Å². The standard InChI is InChI=1S/C21H31NO6/c1-14-7-6-8-15(2)22(14)19(23)13-28-20(24)10-9-16-11-17(25-3)21(27-5)18(12-16)26-4/h11-12,14-15H,6-10,13H2,1-5H3. The number of rotatable bonds is 8. The number of ether oxygens (including phenoxy) is 4. The van der Waals surface area contributed by atoms with E-state index in [4.69, 9.17) is 18.9 Å². The van der Waals surface area contributed by atoms with Gasteiger partial charge in [-0.3, -0.25) is 9.59 Å². The summed E-state index contributed by atoms with van der Waals surface area (Å²) in [6, 6.07) is 3.98. The molecule has 1 aromatic carbocycles. The zero-order chi connectivity index (χ0) is 20.7. The molecule has 2 rings (SSSR count). The molecule has 0 bridgehead atoms. The molecule has 7 heteroatoms. The first-order chi connectivity index (χ1) is 13.4. The van der Waals surface area contributed by atoms with Crippen LogP contribution in [0, 0.1) is 0 Å². The van der Waals surface area contributed by atoms with Crippen molar-refractivity contribution >= 4 is 11.9 Å². The minimum Gasteiger partial charge on any atom is -0.493 e. The van der Waals surface area contributed by atoms with Gasteiger partial charge < -0.3 is 23.8 Å². The molecular formula is C21H31NO6. The fraction of sp³-hybridized carbons (Fsp3) is 0.619. The fourth-order valence-electron chi connectivity index (χ4n) is 3.73. The van der Waals surface area contributed by atoms with Crippen molar-refractivity contribution in [1.82, 2.24) is 4.90 Å². The minimum atomic E-state index is -0.403. The van der Waals surface area contributed by atoms with E-state index in [1.54, 1.807) is 33.5 Å². The van der Waals surface area contributed by atoms with Crippen LogP contribution in [-0.4, -0.2) is 56.8 Å². The van der Waals surface area contributed by atoms with Crippen LogP contribution in [0.15, 0.2) is 12.1 Å². The molecule has 2 atom stereocenters. The number of aryl methyl sites for hydroxylation is 1. The molecule has 0 aliphatic carbocycles. The molecule has 1 heterocycles. The van der Waals surface area contributed by atoms with Crippen LogP contribution in [0.5, 0.6) is 17.2 Å². The van der Waals surface area contributed by atoms with Gasteiger partial charge in [-0.2, -0.15) is 0 Å². The maximum Gasteiger partial charge on any atom is 0.306 e. The summed E-state index contributed by atoms with van der Waals surface area (Å²) in [5.74, 6) is 1.05. The van der Waals surface area contributed by atoms with E-state index in [-0.39, 0.29) is 31.0 Å². The van der Waals surface area contributed by atoms with Gasteiger partial charge in [0.05, 0.1) is 21.3 Å². The fourth-order valence-corrected chi connectivity index (χ4v) is 3.73. The van der Waals surface area contributed by atoms with Gasteiger partial charge in [0.2, 0.25) is 5.75 Å². The van der Waals surface area contributed by atoms with Gasteiger partial charge in [0.15, 0.2) is 18.1 Å². The highest BCUT2D eigenvalue weighted by atomic mass is 16.5. The Bertz CT molecular complexity index is 654. The highest BCUT2D eigenvalue weighted by Crippen LogP contribution is 2.38. The van der Waals surface area contributed by atoms with E-state index in [0.717, 1.165) is 24.8 Å². The molecule has 1 aromatic rings. The number of methoxy groups -OCH3 is 3. The first-order valence-electron chi connectivity index (χ1n) is 9.66. The van der Waals surface area contributed by atoms with Crippen molar-refractivity contribution in [2.24, 2.45) is 0 Å². The van der Waals surface area contributed by atoms with Crippen LogP contribution in [0.3, 0.4) is 0 Å². The predicted molar refractivity (Wildman–Crippen MR) is 105 cm³/mol. The van der Waals surface area contributed by atoms with Gasteiger partial charge in [0.25, 0.3) is 5.91 Å². The minimum absolute atomic E-state index is 0.124. The van der Waals surface area contributed by atoms with E-state index in [0.29, 0.717) is 23.7 Å². The number of nitrogens with zero attached hydrogens (tertiary/aromatic N) is 1. The van der Waals surface area contributed by atoms with E-state index >= 15 is 0 Å². The summed E-state index contributed by atoms with van der Waals surface area (Å²) < 4.78 is 21.2. The van der Waals surface area contributed by atoms with Crippen molar-refractivity contribution in [3.05, 3.63) is 17.7 Å². The number of carbonyl (C=O) groups is 2. The average Bonchev–Trinajstić information content (AvgIpc) is 2.69. The molecule has 156 valence electrons. The quantitative estimate of drug-likeness (QED) is 0.632. The molecule has 0 spiro atoms. The second-order valence-electron chi connectivity index (χ2n) is 7.12. The first kappa shape index (κ1) is 21.9. The number of amides is 1. The van der Waals surface area contributed by atoms with Crippen LogP contribution in [0.2, 0.25) is 0 Å². The number of piperidine rings is 1. The molecule has 28 heavy (non-hydrogen) atoms. The second kappa shape index (κ2) is 10.2. The van der Waals surface area contributed by atoms with Crippen LogP contribution in [0.1, 0.15) is 45.1 Å². The third-order valence-electron chi connectivity index (χ3n) is 5.18. The number of carbonyl (C=O) groups excluding carboxylic acids is 2. The lowest BCUT2D eigenvalue weighted by Gasteiger charge is -2.38. The van der Waals surface area contributed by atoms with Gasteiger partial charge in [-0.15, -0.1) is 0 Å². The van der Waals surface area contributed by atoms with Crippen molar-refractivity contribution < 1.29 is 28.5 Å². The second-order valence-corrected chi connectivity index (χ2v) is 7.12. The van der Waals surface area contributed by atoms with Gasteiger partial charge >= 0.3 is 5.97 Å². The van der Waals surface area contributed by atoms with Gasteiger partial charge in [-0.1, -0.05) is 0 Å². The highest BCUT2D eigenvalue weighted by Gasteiger charge is 2.29. The van der Waals surface area contributed by atoms with Crippen molar-refractivity contribution in [3.8, 4) is 17.2 Å². The zero-order valence-corrected chi connectivity index (χ0v) is 17.4. The number of esters is 1. The molecule has 0 radical (unpaired) electrons. The molecule has 2 unspecified atom stereocenters. The number of benzene rings is 1. The average molecular weight is 393 g/mol. The van der Waals surface area contributed by atoms with E-state index < -0.39 is 5.97 Å². The van der Waals surface area contributed by atoms with Crippen molar-refractivity contribution in [2.45, 2.75) is 58.0 Å². The van der Waals surface area contributed by atoms with E-state index in [2.05, 4.69) is 0 Å². The third kappa shape index (κ3) is 5.30. The predicted octanol–water partition coefficient (Wildman–Crippen LogP) is 2.98. The summed E-state index contributed by atoms with van der Waals surface area (Å²) in [7, 11) is 4.63. The number of hydrogen-bond donors (Lipinski definition) is 0. The summed E-state index contributed by atoms with van der Waals surface area (Å²) in [5, 5.41) is 0. The Balaban J connectivity index is 1.89. The summed E-state index contributed by atoms with van der Waals surface area (Å²) in [6.07, 6.45) is 3.72. The van der Waals surface area contributed by atoms with Crippen LogP contribution >= 0.6 is 0 Å². The first-order valence-corrected chi connectivity index (χ1v) is 9.66. The lowest BCUT2D eigenvalue weighted by Crippen LogP contribution is -2.49. The largest absolute Gasteiger partial charge is 0.493 e. The summed E-state index contributed by atoms with van der Waals surface area (Å²) in [4.78, 5) is 26.4. The Hall–Kier alpha value is -2.44. The highest BCUT2D eigenvalue weighted by molar-refractivity contribution is 5.81. The Kier molecular flexibility index (Phi) is 7.96. The lowest BCUT2D eigenvalue weighted by atomic mass is 9.97. The summed E-state index contributed by atoms with van der Waals surface area (Å²) in [5.41, 5.74) is 0.857. The molecule has 1 saturated heterocycles. The topological polar surface area (TPSA) is 74.3 Å². The van der Waals surface area contributed by atoms with Crippen LogP contribution in [0.25, 0.3) is 0 Å². The monoisotopic (exact) mass is 393 g/mol. The molecule has 1 amide bonds. The van der Waals surface area contributed by atoms with E-state index in [9.17, 15) is 9.59 Å². The molecule has 0 N–H and O–H groups in total. The summed E-state index contributed by atoms with van der Waals surface area (Å²) >= 11 is 0. The van der Waals surface area contributed by atoms with Crippen LogP contribution in [-0.2, 0) is 20.7 Å². The molecule has 1 aliphatic heterocycles. The van der Waals surface area contributed by atoms with Gasteiger partial charge in [-0.25, -0.2) is 0 Å². The molecule has 1 fully saturated rings. The van der Waals surface area contributed by atoms with Gasteiger partial charge in [0, 0.05) is 18.5 Å². The van der Waals surface area contributed by atoms with Crippen LogP contribution < -0.4 is 14.2 Å².